The number of ether oxygens (including phenoxy) is 3. The number of rotatable bonds is 8. The van der Waals surface area contributed by atoms with Crippen LogP contribution in [0.25, 0.3) is 6.08 Å². The summed E-state index contributed by atoms with van der Waals surface area (Å²) >= 11 is 0. The van der Waals surface area contributed by atoms with Crippen LogP contribution in [-0.4, -0.2) is 38.2 Å². The number of aryl methyl sites for hydroxylation is 1. The van der Waals surface area contributed by atoms with Gasteiger partial charge in [-0.3, -0.25) is 4.79 Å². The van der Waals surface area contributed by atoms with Gasteiger partial charge in [0, 0.05) is 18.7 Å². The van der Waals surface area contributed by atoms with Gasteiger partial charge in [-0.15, -0.1) is 0 Å². The average molecular weight is 381 g/mol. The lowest BCUT2D eigenvalue weighted by atomic mass is 10.1. The van der Waals surface area contributed by atoms with Crippen LogP contribution in [0.1, 0.15) is 29.5 Å². The van der Waals surface area contributed by atoms with Crippen LogP contribution in [0.4, 0.5) is 0 Å². The SMILES string of the molecule is COc1cc(/C=C/C(=O)N(Cc2cccc(C)c2)C2CC2)cc(OC)c1OC. The highest BCUT2D eigenvalue weighted by Crippen LogP contribution is 2.38. The molecule has 0 unspecified atom stereocenters. The van der Waals surface area contributed by atoms with E-state index in [0.29, 0.717) is 29.8 Å². The lowest BCUT2D eigenvalue weighted by Crippen LogP contribution is -2.31. The van der Waals surface area contributed by atoms with Crippen LogP contribution in [0.2, 0.25) is 0 Å². The number of methoxy groups -OCH3 is 3. The van der Waals surface area contributed by atoms with Crippen molar-refractivity contribution in [1.29, 1.82) is 0 Å². The van der Waals surface area contributed by atoms with Crippen molar-refractivity contribution in [3.63, 3.8) is 0 Å². The molecule has 28 heavy (non-hydrogen) atoms. The Bertz CT molecular complexity index is 846. The van der Waals surface area contributed by atoms with Crippen LogP contribution < -0.4 is 14.2 Å². The Kier molecular flexibility index (Phi) is 6.24. The van der Waals surface area contributed by atoms with E-state index in [-0.39, 0.29) is 5.91 Å². The Morgan fingerprint density at radius 1 is 1.07 bits per heavy atom. The van der Waals surface area contributed by atoms with E-state index in [4.69, 9.17) is 14.2 Å². The van der Waals surface area contributed by atoms with Gasteiger partial charge in [-0.05, 0) is 49.1 Å². The van der Waals surface area contributed by atoms with Crippen molar-refractivity contribution in [3.8, 4) is 17.2 Å². The van der Waals surface area contributed by atoms with Gasteiger partial charge < -0.3 is 19.1 Å². The maximum atomic E-state index is 12.9. The highest BCUT2D eigenvalue weighted by Gasteiger charge is 2.31. The Hall–Kier alpha value is -2.95. The maximum Gasteiger partial charge on any atom is 0.247 e. The van der Waals surface area contributed by atoms with Gasteiger partial charge in [-0.1, -0.05) is 29.8 Å². The zero-order valence-electron chi connectivity index (χ0n) is 16.9. The largest absolute Gasteiger partial charge is 0.493 e. The number of amides is 1. The predicted molar refractivity (Wildman–Crippen MR) is 110 cm³/mol. The lowest BCUT2D eigenvalue weighted by molar-refractivity contribution is -0.127. The molecule has 1 aliphatic carbocycles. The zero-order valence-corrected chi connectivity index (χ0v) is 16.9. The number of nitrogens with zero attached hydrogens (tertiary/aromatic N) is 1. The quantitative estimate of drug-likeness (QED) is 0.642. The average Bonchev–Trinajstić information content (AvgIpc) is 3.54. The first-order valence-corrected chi connectivity index (χ1v) is 9.40. The molecule has 0 heterocycles. The molecule has 2 aromatic carbocycles. The van der Waals surface area contributed by atoms with E-state index < -0.39 is 0 Å². The Balaban J connectivity index is 1.79. The van der Waals surface area contributed by atoms with E-state index in [0.717, 1.165) is 24.0 Å². The summed E-state index contributed by atoms with van der Waals surface area (Å²) in [6, 6.07) is 12.3. The van der Waals surface area contributed by atoms with Crippen molar-refractivity contribution in [1.82, 2.24) is 4.90 Å². The van der Waals surface area contributed by atoms with E-state index in [1.807, 2.05) is 23.1 Å². The van der Waals surface area contributed by atoms with Crippen molar-refractivity contribution < 1.29 is 19.0 Å². The van der Waals surface area contributed by atoms with Crippen LogP contribution >= 0.6 is 0 Å². The second-order valence-electron chi connectivity index (χ2n) is 6.98. The molecule has 2 aromatic rings. The fourth-order valence-electron chi connectivity index (χ4n) is 3.24. The maximum absolute atomic E-state index is 12.9. The van der Waals surface area contributed by atoms with Crippen LogP contribution in [0, 0.1) is 6.92 Å². The van der Waals surface area contributed by atoms with Crippen LogP contribution in [0.5, 0.6) is 17.2 Å². The Morgan fingerprint density at radius 3 is 2.29 bits per heavy atom. The predicted octanol–water partition coefficient (Wildman–Crippen LogP) is 4.23. The molecular weight excluding hydrogens is 354 g/mol. The van der Waals surface area contributed by atoms with Gasteiger partial charge in [0.25, 0.3) is 0 Å². The van der Waals surface area contributed by atoms with Crippen molar-refractivity contribution >= 4 is 12.0 Å². The fourth-order valence-corrected chi connectivity index (χ4v) is 3.24. The van der Waals surface area contributed by atoms with Crippen LogP contribution in [0.3, 0.4) is 0 Å². The van der Waals surface area contributed by atoms with E-state index in [9.17, 15) is 4.79 Å². The third-order valence-electron chi connectivity index (χ3n) is 4.81. The number of hydrogen-bond donors (Lipinski definition) is 0. The molecule has 0 aromatic heterocycles. The molecular formula is C23H27NO4. The smallest absolute Gasteiger partial charge is 0.247 e. The first-order chi connectivity index (χ1) is 13.5. The van der Waals surface area contributed by atoms with Crippen molar-refractivity contribution in [2.24, 2.45) is 0 Å². The minimum Gasteiger partial charge on any atom is -0.493 e. The van der Waals surface area contributed by atoms with Gasteiger partial charge in [-0.25, -0.2) is 0 Å². The van der Waals surface area contributed by atoms with Crippen molar-refractivity contribution in [2.45, 2.75) is 32.4 Å². The molecule has 0 radical (unpaired) electrons. The summed E-state index contributed by atoms with van der Waals surface area (Å²) in [4.78, 5) is 14.8. The highest BCUT2D eigenvalue weighted by atomic mass is 16.5. The normalized spacial score (nSPS) is 13.4. The molecule has 0 N–H and O–H groups in total. The Labute approximate surface area is 166 Å². The van der Waals surface area contributed by atoms with E-state index in [2.05, 4.69) is 25.1 Å². The third-order valence-corrected chi connectivity index (χ3v) is 4.81. The Morgan fingerprint density at radius 2 is 1.75 bits per heavy atom. The summed E-state index contributed by atoms with van der Waals surface area (Å²) in [5.41, 5.74) is 3.17. The van der Waals surface area contributed by atoms with E-state index >= 15 is 0 Å². The van der Waals surface area contributed by atoms with E-state index in [1.54, 1.807) is 33.5 Å². The number of benzene rings is 2. The molecule has 1 fully saturated rings. The summed E-state index contributed by atoms with van der Waals surface area (Å²) in [6.45, 7) is 2.70. The van der Waals surface area contributed by atoms with Gasteiger partial charge in [0.2, 0.25) is 11.7 Å². The van der Waals surface area contributed by atoms with Gasteiger partial charge in [0.1, 0.15) is 0 Å². The molecule has 3 rings (SSSR count). The third kappa shape index (κ3) is 4.66. The number of carbonyl (C=O) groups is 1. The fraction of sp³-hybridized carbons (Fsp3) is 0.348. The summed E-state index contributed by atoms with van der Waals surface area (Å²) in [5.74, 6) is 1.67. The molecule has 0 bridgehead atoms. The van der Waals surface area contributed by atoms with Crippen molar-refractivity contribution in [3.05, 3.63) is 59.2 Å². The molecule has 1 saturated carbocycles. The topological polar surface area (TPSA) is 48.0 Å². The van der Waals surface area contributed by atoms with Gasteiger partial charge in [0.05, 0.1) is 21.3 Å². The molecule has 0 atom stereocenters. The minimum atomic E-state index is 0.0118. The highest BCUT2D eigenvalue weighted by molar-refractivity contribution is 5.92. The first kappa shape index (κ1) is 19.8. The summed E-state index contributed by atoms with van der Waals surface area (Å²) in [6.07, 6.45) is 5.54. The van der Waals surface area contributed by atoms with Gasteiger partial charge >= 0.3 is 0 Å². The molecule has 1 aliphatic rings. The summed E-state index contributed by atoms with van der Waals surface area (Å²) < 4.78 is 16.1. The zero-order chi connectivity index (χ0) is 20.1. The van der Waals surface area contributed by atoms with Crippen molar-refractivity contribution in [2.75, 3.05) is 21.3 Å². The molecule has 0 saturated heterocycles. The monoisotopic (exact) mass is 381 g/mol. The second kappa shape index (κ2) is 8.83. The van der Waals surface area contributed by atoms with Crippen LogP contribution in [-0.2, 0) is 11.3 Å². The second-order valence-corrected chi connectivity index (χ2v) is 6.98. The molecule has 0 aliphatic heterocycles. The molecule has 1 amide bonds. The molecule has 5 nitrogen and oxygen atoms in total. The van der Waals surface area contributed by atoms with Gasteiger partial charge in [-0.2, -0.15) is 0 Å². The molecule has 0 spiro atoms. The molecule has 5 heteroatoms. The first-order valence-electron chi connectivity index (χ1n) is 9.40. The van der Waals surface area contributed by atoms with Crippen LogP contribution in [0.15, 0.2) is 42.5 Å². The van der Waals surface area contributed by atoms with Gasteiger partial charge in [0.15, 0.2) is 11.5 Å². The van der Waals surface area contributed by atoms with E-state index in [1.165, 1.54) is 5.56 Å². The minimum absolute atomic E-state index is 0.0118. The molecule has 148 valence electrons. The summed E-state index contributed by atoms with van der Waals surface area (Å²) in [5, 5.41) is 0. The lowest BCUT2D eigenvalue weighted by Gasteiger charge is -2.21. The number of hydrogen-bond acceptors (Lipinski definition) is 4. The standard InChI is InChI=1S/C23H27NO4/c1-16-6-5-7-18(12-16)15-24(19-9-10-19)22(25)11-8-17-13-20(26-2)23(28-4)21(14-17)27-3/h5-8,11-14,19H,9-10,15H2,1-4H3/b11-8+. The number of carbonyl (C=O) groups excluding carboxylic acids is 1. The summed E-state index contributed by atoms with van der Waals surface area (Å²) in [7, 11) is 4.72.